The first-order valence-electron chi connectivity index (χ1n) is 8.40. The Hall–Kier alpha value is -2.12. The molecule has 2 aromatic rings. The van der Waals surface area contributed by atoms with Crippen LogP contribution in [0.25, 0.3) is 0 Å². The van der Waals surface area contributed by atoms with Gasteiger partial charge in [0.1, 0.15) is 13.1 Å². The predicted molar refractivity (Wildman–Crippen MR) is 99.9 cm³/mol. The zero-order valence-electron chi connectivity index (χ0n) is 14.3. The number of piperazine rings is 1. The van der Waals surface area contributed by atoms with Gasteiger partial charge in [-0.05, 0) is 25.1 Å². The number of nitrogens with zero attached hydrogens (tertiary/aromatic N) is 4. The number of hydrogen-bond acceptors (Lipinski definition) is 4. The largest absolute Gasteiger partial charge is 0.465 e. The van der Waals surface area contributed by atoms with Gasteiger partial charge >= 0.3 is 6.09 Å². The Kier molecular flexibility index (Phi) is 5.55. The topological polar surface area (TPSA) is 66.3 Å². The van der Waals surface area contributed by atoms with E-state index in [2.05, 4.69) is 11.1 Å². The van der Waals surface area contributed by atoms with Crippen molar-refractivity contribution in [2.24, 2.45) is 0 Å². The van der Waals surface area contributed by atoms with E-state index in [0.717, 1.165) is 41.4 Å². The van der Waals surface area contributed by atoms with E-state index in [1.165, 1.54) is 9.80 Å². The summed E-state index contributed by atoms with van der Waals surface area (Å²) < 4.78 is 0.740. The molecule has 25 heavy (non-hydrogen) atoms. The highest BCUT2D eigenvalue weighted by atomic mass is 32.2. The van der Waals surface area contributed by atoms with E-state index >= 15 is 0 Å². The van der Waals surface area contributed by atoms with Crippen LogP contribution in [-0.2, 0) is 0 Å². The fraction of sp³-hybridized carbons (Fsp3) is 0.389. The van der Waals surface area contributed by atoms with Crippen LogP contribution < -0.4 is 4.48 Å². The fourth-order valence-electron chi connectivity index (χ4n) is 3.17. The first-order valence-corrected chi connectivity index (χ1v) is 9.39. The van der Waals surface area contributed by atoms with Gasteiger partial charge in [-0.25, -0.2) is 9.78 Å². The molecule has 0 saturated carbocycles. The maximum atomic E-state index is 11.2. The van der Waals surface area contributed by atoms with E-state index in [1.54, 1.807) is 24.2 Å². The molecule has 1 aliphatic heterocycles. The quantitative estimate of drug-likeness (QED) is 0.657. The average Bonchev–Trinajstić information content (AvgIpc) is 2.63. The van der Waals surface area contributed by atoms with Crippen molar-refractivity contribution >= 4 is 23.7 Å². The van der Waals surface area contributed by atoms with E-state index in [0.29, 0.717) is 13.1 Å². The molecule has 0 atom stereocenters. The second kappa shape index (κ2) is 7.84. The highest BCUT2D eigenvalue weighted by Gasteiger charge is 2.37. The third-order valence-corrected chi connectivity index (χ3v) is 5.66. The highest BCUT2D eigenvalue weighted by molar-refractivity contribution is 7.99. The molecule has 0 spiro atoms. The lowest BCUT2D eigenvalue weighted by Crippen LogP contribution is -2.62. The summed E-state index contributed by atoms with van der Waals surface area (Å²) in [7, 11) is 0. The molecule has 3 rings (SSSR count). The van der Waals surface area contributed by atoms with E-state index in [4.69, 9.17) is 4.98 Å². The molecule has 0 aromatic carbocycles. The summed E-state index contributed by atoms with van der Waals surface area (Å²) >= 11 is 1.81. The molecule has 1 aliphatic rings. The van der Waals surface area contributed by atoms with E-state index in [-0.39, 0.29) is 0 Å². The van der Waals surface area contributed by atoms with Gasteiger partial charge in [-0.2, -0.15) is 0 Å². The standard InChI is InChI=1S/C18H22N4O2S/c1-15-3-2-4-17(20-15)22(11-9-21(10-12-22)18(23)24)13-14-25-16-5-7-19-8-6-16/h2-8H,9-14H2,1H3/p+1. The Morgan fingerprint density at radius 3 is 2.60 bits per heavy atom. The van der Waals surface area contributed by atoms with Crippen LogP contribution in [0.4, 0.5) is 10.6 Å². The van der Waals surface area contributed by atoms with Crippen LogP contribution in [0, 0.1) is 6.92 Å². The number of carbonyl (C=O) groups is 1. The third-order valence-electron chi connectivity index (χ3n) is 4.66. The van der Waals surface area contributed by atoms with Gasteiger partial charge < -0.3 is 5.11 Å². The van der Waals surface area contributed by atoms with Crippen molar-refractivity contribution in [3.05, 3.63) is 48.4 Å². The Labute approximate surface area is 152 Å². The van der Waals surface area contributed by atoms with Gasteiger partial charge in [-0.3, -0.25) is 14.4 Å². The molecule has 1 amide bonds. The normalized spacial score (nSPS) is 16.6. The second-order valence-electron chi connectivity index (χ2n) is 6.25. The molecule has 2 aromatic heterocycles. The number of amides is 1. The molecule has 132 valence electrons. The SMILES string of the molecule is Cc1cccc([N+]2(CCSc3ccncc3)CCN(C(=O)O)CC2)n1. The van der Waals surface area contributed by atoms with Gasteiger partial charge in [-0.1, -0.05) is 6.07 Å². The number of aryl methyl sites for hydroxylation is 1. The number of pyridine rings is 2. The summed E-state index contributed by atoms with van der Waals surface area (Å²) in [6.45, 7) is 5.55. The highest BCUT2D eigenvalue weighted by Crippen LogP contribution is 2.26. The number of aromatic nitrogens is 2. The van der Waals surface area contributed by atoms with E-state index < -0.39 is 6.09 Å². The molecule has 3 heterocycles. The van der Waals surface area contributed by atoms with Crippen molar-refractivity contribution in [1.29, 1.82) is 0 Å². The summed E-state index contributed by atoms with van der Waals surface area (Å²) in [5.74, 6) is 1.99. The molecule has 7 heteroatoms. The van der Waals surface area contributed by atoms with Gasteiger partial charge in [0.15, 0.2) is 0 Å². The molecular formula is C18H23N4O2S+. The minimum Gasteiger partial charge on any atom is -0.465 e. The molecule has 1 saturated heterocycles. The zero-order chi connectivity index (χ0) is 17.7. The average molecular weight is 359 g/mol. The summed E-state index contributed by atoms with van der Waals surface area (Å²) in [6, 6.07) is 10.1. The smallest absolute Gasteiger partial charge is 0.407 e. The van der Waals surface area contributed by atoms with Crippen LogP contribution in [0.2, 0.25) is 0 Å². The Balaban J connectivity index is 1.74. The number of rotatable bonds is 5. The third kappa shape index (κ3) is 4.29. The minimum atomic E-state index is -0.832. The van der Waals surface area contributed by atoms with Crippen molar-refractivity contribution in [3.8, 4) is 0 Å². The molecular weight excluding hydrogens is 336 g/mol. The molecule has 0 aliphatic carbocycles. The number of quaternary nitrogens is 1. The van der Waals surface area contributed by atoms with Gasteiger partial charge in [-0.15, -0.1) is 11.8 Å². The molecule has 6 nitrogen and oxygen atoms in total. The number of thioether (sulfide) groups is 1. The molecule has 1 fully saturated rings. The van der Waals surface area contributed by atoms with Crippen LogP contribution in [0.15, 0.2) is 47.6 Å². The zero-order valence-corrected chi connectivity index (χ0v) is 15.2. The molecule has 0 radical (unpaired) electrons. The second-order valence-corrected chi connectivity index (χ2v) is 7.42. The predicted octanol–water partition coefficient (Wildman–Crippen LogP) is 2.88. The van der Waals surface area contributed by atoms with Gasteiger partial charge in [0.25, 0.3) is 0 Å². The van der Waals surface area contributed by atoms with Crippen molar-refractivity contribution < 1.29 is 9.90 Å². The fourth-order valence-corrected chi connectivity index (χ4v) is 4.16. The van der Waals surface area contributed by atoms with Gasteiger partial charge in [0.05, 0.1) is 19.6 Å². The van der Waals surface area contributed by atoms with Gasteiger partial charge in [0, 0.05) is 34.8 Å². The summed E-state index contributed by atoms with van der Waals surface area (Å²) in [4.78, 5) is 22.8. The number of carboxylic acid groups (broad SMARTS) is 1. The van der Waals surface area contributed by atoms with E-state index in [9.17, 15) is 9.90 Å². The van der Waals surface area contributed by atoms with Crippen LogP contribution in [0.3, 0.4) is 0 Å². The Bertz CT molecular complexity index is 718. The monoisotopic (exact) mass is 359 g/mol. The van der Waals surface area contributed by atoms with Crippen LogP contribution in [0.5, 0.6) is 0 Å². The van der Waals surface area contributed by atoms with Crippen LogP contribution >= 0.6 is 11.8 Å². The van der Waals surface area contributed by atoms with Crippen molar-refractivity contribution in [3.63, 3.8) is 0 Å². The van der Waals surface area contributed by atoms with Crippen molar-refractivity contribution in [2.75, 3.05) is 38.5 Å². The molecule has 1 N–H and O–H groups in total. The maximum absolute atomic E-state index is 11.2. The lowest BCUT2D eigenvalue weighted by Gasteiger charge is -2.42. The van der Waals surface area contributed by atoms with Crippen molar-refractivity contribution in [1.82, 2.24) is 19.4 Å². The van der Waals surface area contributed by atoms with E-state index in [1.807, 2.05) is 31.2 Å². The lowest BCUT2D eigenvalue weighted by molar-refractivity contribution is 0.108. The first-order chi connectivity index (χ1) is 12.1. The summed E-state index contributed by atoms with van der Waals surface area (Å²) in [5, 5.41) is 9.24. The maximum Gasteiger partial charge on any atom is 0.407 e. The minimum absolute atomic E-state index is 0.547. The molecule has 0 unspecified atom stereocenters. The van der Waals surface area contributed by atoms with Crippen LogP contribution in [-0.4, -0.2) is 64.5 Å². The Morgan fingerprint density at radius 2 is 1.96 bits per heavy atom. The van der Waals surface area contributed by atoms with Crippen LogP contribution in [0.1, 0.15) is 5.69 Å². The Morgan fingerprint density at radius 1 is 1.24 bits per heavy atom. The summed E-state index contributed by atoms with van der Waals surface area (Å²) in [5.41, 5.74) is 0.998. The van der Waals surface area contributed by atoms with Crippen molar-refractivity contribution in [2.45, 2.75) is 11.8 Å². The lowest BCUT2D eigenvalue weighted by atomic mass is 10.2. The summed E-state index contributed by atoms with van der Waals surface area (Å²) in [6.07, 6.45) is 2.78. The molecule has 0 bridgehead atoms. The van der Waals surface area contributed by atoms with Gasteiger partial charge in [0.2, 0.25) is 5.82 Å². The first kappa shape index (κ1) is 17.7. The number of hydrogen-bond donors (Lipinski definition) is 1.